The molecule has 1 N–H and O–H groups in total. The van der Waals surface area contributed by atoms with E-state index in [0.717, 1.165) is 28.2 Å². The average molecular weight is 617 g/mol. The molecule has 0 bridgehead atoms. The normalized spacial score (nSPS) is 15.0. The summed E-state index contributed by atoms with van der Waals surface area (Å²) in [5.41, 5.74) is -0.341. The van der Waals surface area contributed by atoms with Crippen LogP contribution < -0.4 is 25.2 Å². The van der Waals surface area contributed by atoms with Gasteiger partial charge in [-0.05, 0) is 55.5 Å². The van der Waals surface area contributed by atoms with E-state index in [1.807, 2.05) is 0 Å². The topological polar surface area (TPSA) is 129 Å². The maximum atomic E-state index is 13.6. The van der Waals surface area contributed by atoms with Crippen molar-refractivity contribution in [3.63, 3.8) is 0 Å². The van der Waals surface area contributed by atoms with E-state index in [1.54, 1.807) is 31.2 Å². The molecule has 1 aliphatic rings. The van der Waals surface area contributed by atoms with Gasteiger partial charge in [0.2, 0.25) is 11.8 Å². The van der Waals surface area contributed by atoms with Crippen LogP contribution >= 0.6 is 11.3 Å². The third-order valence-corrected chi connectivity index (χ3v) is 7.45. The number of carbonyl (C=O) groups excluding carboxylic acids is 3. The second-order valence-electron chi connectivity index (χ2n) is 9.27. The number of halogens is 3. The van der Waals surface area contributed by atoms with Gasteiger partial charge < -0.3 is 24.4 Å². The summed E-state index contributed by atoms with van der Waals surface area (Å²) in [5, 5.41) is 8.50. The van der Waals surface area contributed by atoms with Gasteiger partial charge >= 0.3 is 12.3 Å². The number of thiophene rings is 1. The van der Waals surface area contributed by atoms with Crippen molar-refractivity contribution in [2.45, 2.75) is 19.7 Å². The molecule has 0 aliphatic carbocycles. The zero-order chi connectivity index (χ0) is 30.9. The molecule has 2 aromatic carbocycles. The van der Waals surface area contributed by atoms with E-state index in [0.29, 0.717) is 11.4 Å². The third-order valence-electron chi connectivity index (χ3n) is 6.55. The lowest BCUT2D eigenvalue weighted by Crippen LogP contribution is -2.29. The van der Waals surface area contributed by atoms with Crippen LogP contribution in [0.1, 0.15) is 23.8 Å². The van der Waals surface area contributed by atoms with E-state index < -0.39 is 35.5 Å². The number of hydrogen-bond acceptors (Lipinski definition) is 9. The highest BCUT2D eigenvalue weighted by Gasteiger charge is 2.36. The van der Waals surface area contributed by atoms with Gasteiger partial charge in [0, 0.05) is 29.4 Å². The standard InChI is InChI=1S/C28H23F3N4O7S/c1-3-41-27(39)23-20-14-43-25(22(20)26(38)35(33-23)17-6-10-19(11-7-17)42-28(29,30)31)32-24(37)15-12-21(36)34(13-15)16-4-8-18(40-2)9-5-16/h4-11,14-15H,3,12-13H2,1-2H3,(H,32,37). The molecule has 43 heavy (non-hydrogen) atoms. The van der Waals surface area contributed by atoms with Crippen molar-refractivity contribution in [2.75, 3.05) is 30.5 Å². The fourth-order valence-corrected chi connectivity index (χ4v) is 5.50. The summed E-state index contributed by atoms with van der Waals surface area (Å²) < 4.78 is 52.8. The lowest BCUT2D eigenvalue weighted by molar-refractivity contribution is -0.274. The minimum absolute atomic E-state index is 0.0126. The van der Waals surface area contributed by atoms with Crippen molar-refractivity contribution in [2.24, 2.45) is 5.92 Å². The van der Waals surface area contributed by atoms with E-state index in [2.05, 4.69) is 15.2 Å². The highest BCUT2D eigenvalue weighted by atomic mass is 32.1. The molecule has 2 aromatic heterocycles. The monoisotopic (exact) mass is 616 g/mol. The summed E-state index contributed by atoms with van der Waals surface area (Å²) >= 11 is 0.978. The van der Waals surface area contributed by atoms with Crippen LogP contribution in [0, 0.1) is 5.92 Å². The highest BCUT2D eigenvalue weighted by Crippen LogP contribution is 2.33. The number of fused-ring (bicyclic) bond motifs is 1. The van der Waals surface area contributed by atoms with Crippen LogP contribution in [0.4, 0.5) is 23.9 Å². The Labute approximate surface area is 245 Å². The Morgan fingerprint density at radius 1 is 1.05 bits per heavy atom. The second-order valence-corrected chi connectivity index (χ2v) is 10.2. The summed E-state index contributed by atoms with van der Waals surface area (Å²) in [6, 6.07) is 11.1. The molecule has 1 atom stereocenters. The molecule has 11 nitrogen and oxygen atoms in total. The van der Waals surface area contributed by atoms with Crippen molar-refractivity contribution < 1.29 is 41.8 Å². The Balaban J connectivity index is 1.47. The number of rotatable bonds is 8. The van der Waals surface area contributed by atoms with Crippen LogP contribution in [-0.2, 0) is 14.3 Å². The number of carbonyl (C=O) groups is 3. The van der Waals surface area contributed by atoms with Crippen LogP contribution in [0.15, 0.2) is 58.7 Å². The summed E-state index contributed by atoms with van der Waals surface area (Å²) in [4.78, 5) is 53.9. The first-order valence-corrected chi connectivity index (χ1v) is 13.7. The summed E-state index contributed by atoms with van der Waals surface area (Å²) in [7, 11) is 1.52. The Hall–Kier alpha value is -4.92. The zero-order valence-electron chi connectivity index (χ0n) is 22.6. The molecule has 0 spiro atoms. The van der Waals surface area contributed by atoms with Gasteiger partial charge in [0.15, 0.2) is 5.69 Å². The number of ether oxygens (including phenoxy) is 3. The lowest BCUT2D eigenvalue weighted by Gasteiger charge is -2.17. The summed E-state index contributed by atoms with van der Waals surface area (Å²) in [6.07, 6.45) is -4.97. The van der Waals surface area contributed by atoms with Gasteiger partial charge in [-0.3, -0.25) is 14.4 Å². The largest absolute Gasteiger partial charge is 0.573 e. The van der Waals surface area contributed by atoms with Crippen molar-refractivity contribution in [3.8, 4) is 17.2 Å². The molecule has 1 saturated heterocycles. The Kier molecular flexibility index (Phi) is 8.08. The number of nitrogens with one attached hydrogen (secondary N) is 1. The molecule has 1 aliphatic heterocycles. The maximum absolute atomic E-state index is 13.6. The summed E-state index contributed by atoms with van der Waals surface area (Å²) in [5.74, 6) is -2.25. The summed E-state index contributed by atoms with van der Waals surface area (Å²) in [6.45, 7) is 1.70. The van der Waals surface area contributed by atoms with E-state index >= 15 is 0 Å². The molecule has 2 amide bonds. The van der Waals surface area contributed by atoms with Crippen molar-refractivity contribution in [1.29, 1.82) is 0 Å². The van der Waals surface area contributed by atoms with Crippen LogP contribution in [0.2, 0.25) is 0 Å². The van der Waals surface area contributed by atoms with Gasteiger partial charge in [-0.2, -0.15) is 9.78 Å². The molecule has 0 saturated carbocycles. The molecule has 1 unspecified atom stereocenters. The first-order valence-electron chi connectivity index (χ1n) is 12.8. The maximum Gasteiger partial charge on any atom is 0.573 e. The van der Waals surface area contributed by atoms with Gasteiger partial charge in [0.1, 0.15) is 16.5 Å². The Morgan fingerprint density at radius 3 is 2.33 bits per heavy atom. The number of amides is 2. The van der Waals surface area contributed by atoms with Crippen LogP contribution in [-0.4, -0.2) is 54.2 Å². The molecular formula is C28H23F3N4O7S. The highest BCUT2D eigenvalue weighted by molar-refractivity contribution is 7.16. The second kappa shape index (κ2) is 11.8. The molecule has 0 radical (unpaired) electrons. The number of aromatic nitrogens is 2. The van der Waals surface area contributed by atoms with Crippen LogP contribution in [0.25, 0.3) is 16.5 Å². The number of alkyl halides is 3. The van der Waals surface area contributed by atoms with E-state index in [-0.39, 0.29) is 52.6 Å². The molecule has 5 rings (SSSR count). The number of hydrogen-bond donors (Lipinski definition) is 1. The first-order chi connectivity index (χ1) is 20.5. The van der Waals surface area contributed by atoms with Crippen molar-refractivity contribution >= 4 is 50.6 Å². The molecule has 1 fully saturated rings. The lowest BCUT2D eigenvalue weighted by atomic mass is 10.1. The molecule has 15 heteroatoms. The predicted molar refractivity (Wildman–Crippen MR) is 150 cm³/mol. The first kappa shape index (κ1) is 29.6. The Morgan fingerprint density at radius 2 is 1.70 bits per heavy atom. The SMILES string of the molecule is CCOC(=O)c1nn(-c2ccc(OC(F)(F)F)cc2)c(=O)c2c(NC(=O)C3CC(=O)N(c4ccc(OC)cc4)C3)scc12. The number of methoxy groups -OCH3 is 1. The number of esters is 1. The van der Waals surface area contributed by atoms with Gasteiger partial charge in [0.05, 0.1) is 30.7 Å². The van der Waals surface area contributed by atoms with Crippen molar-refractivity contribution in [3.05, 3.63) is 70.0 Å². The Bertz CT molecular complexity index is 1750. The average Bonchev–Trinajstić information content (AvgIpc) is 3.57. The minimum atomic E-state index is -4.91. The minimum Gasteiger partial charge on any atom is -0.497 e. The quantitative estimate of drug-likeness (QED) is 0.286. The van der Waals surface area contributed by atoms with Gasteiger partial charge in [-0.25, -0.2) is 4.79 Å². The molecule has 224 valence electrons. The smallest absolute Gasteiger partial charge is 0.497 e. The number of nitrogens with zero attached hydrogens (tertiary/aromatic N) is 3. The number of benzene rings is 2. The van der Waals surface area contributed by atoms with Gasteiger partial charge in [0.25, 0.3) is 5.56 Å². The number of anilines is 2. The van der Waals surface area contributed by atoms with Crippen LogP contribution in [0.5, 0.6) is 11.5 Å². The molecular weight excluding hydrogens is 593 g/mol. The van der Waals surface area contributed by atoms with E-state index in [1.165, 1.54) is 29.5 Å². The van der Waals surface area contributed by atoms with E-state index in [9.17, 15) is 32.3 Å². The van der Waals surface area contributed by atoms with Crippen molar-refractivity contribution in [1.82, 2.24) is 9.78 Å². The van der Waals surface area contributed by atoms with Gasteiger partial charge in [-0.15, -0.1) is 24.5 Å². The fraction of sp³-hybridized carbons (Fsp3) is 0.250. The molecule has 4 aromatic rings. The van der Waals surface area contributed by atoms with Gasteiger partial charge in [-0.1, -0.05) is 0 Å². The fourth-order valence-electron chi connectivity index (χ4n) is 4.56. The zero-order valence-corrected chi connectivity index (χ0v) is 23.5. The predicted octanol–water partition coefficient (Wildman–Crippen LogP) is 4.52. The molecule has 3 heterocycles. The van der Waals surface area contributed by atoms with E-state index in [4.69, 9.17) is 9.47 Å². The van der Waals surface area contributed by atoms with Crippen LogP contribution in [0.3, 0.4) is 0 Å². The third kappa shape index (κ3) is 6.16.